The van der Waals surface area contributed by atoms with E-state index in [9.17, 15) is 5.11 Å². The zero-order valence-electron chi connectivity index (χ0n) is 12.1. The van der Waals surface area contributed by atoms with E-state index in [0.29, 0.717) is 24.0 Å². The molecule has 21 heavy (non-hydrogen) atoms. The Morgan fingerprint density at radius 1 is 1.43 bits per heavy atom. The van der Waals surface area contributed by atoms with Gasteiger partial charge in [0.15, 0.2) is 0 Å². The van der Waals surface area contributed by atoms with Gasteiger partial charge in [-0.2, -0.15) is 0 Å². The molecule has 5 nitrogen and oxygen atoms in total. The second kappa shape index (κ2) is 7.04. The molecule has 0 aliphatic carbocycles. The number of hydrogen-bond donors (Lipinski definition) is 2. The molecule has 0 saturated heterocycles. The van der Waals surface area contributed by atoms with Gasteiger partial charge in [0.1, 0.15) is 5.76 Å². The molecule has 0 aliphatic heterocycles. The number of hydrogen-bond acceptors (Lipinski definition) is 5. The highest BCUT2D eigenvalue weighted by molar-refractivity contribution is 6.30. The molecule has 0 bridgehead atoms. The van der Waals surface area contributed by atoms with Gasteiger partial charge < -0.3 is 14.6 Å². The second-order valence-corrected chi connectivity index (χ2v) is 5.50. The van der Waals surface area contributed by atoms with Crippen molar-refractivity contribution >= 4 is 11.6 Å². The quantitative estimate of drug-likeness (QED) is 0.855. The van der Waals surface area contributed by atoms with Crippen molar-refractivity contribution in [3.63, 3.8) is 0 Å². The fraction of sp³-hybridized carbons (Fsp3) is 0.400. The monoisotopic (exact) mass is 310 g/mol. The minimum Gasteiger partial charge on any atom is -0.441 e. The molecular formula is C15H19ClN2O3. The van der Waals surface area contributed by atoms with Crippen LogP contribution in [-0.4, -0.2) is 46.4 Å². The first-order valence-corrected chi connectivity index (χ1v) is 7.07. The Morgan fingerprint density at radius 2 is 2.19 bits per heavy atom. The van der Waals surface area contributed by atoms with Crippen LogP contribution in [0.25, 0.3) is 11.5 Å². The van der Waals surface area contributed by atoms with Crippen LogP contribution in [0.1, 0.15) is 11.5 Å². The molecule has 0 unspecified atom stereocenters. The van der Waals surface area contributed by atoms with Crippen LogP contribution in [0, 0.1) is 6.92 Å². The Bertz CT molecular complexity index is 600. The first kappa shape index (κ1) is 16.0. The van der Waals surface area contributed by atoms with Crippen molar-refractivity contribution in [3.8, 4) is 11.5 Å². The summed E-state index contributed by atoms with van der Waals surface area (Å²) in [7, 11) is 1.85. The molecule has 1 atom stereocenters. The number of aryl methyl sites for hydroxylation is 1. The topological polar surface area (TPSA) is 69.7 Å². The average Bonchev–Trinajstić information content (AvgIpc) is 2.80. The van der Waals surface area contributed by atoms with Crippen molar-refractivity contribution in [2.75, 3.05) is 20.2 Å². The van der Waals surface area contributed by atoms with Gasteiger partial charge >= 0.3 is 0 Å². The highest BCUT2D eigenvalue weighted by Crippen LogP contribution is 2.24. The maximum absolute atomic E-state index is 9.44. The van der Waals surface area contributed by atoms with Crippen molar-refractivity contribution in [3.05, 3.63) is 40.7 Å². The number of rotatable bonds is 6. The summed E-state index contributed by atoms with van der Waals surface area (Å²) < 4.78 is 5.68. The molecule has 0 saturated carbocycles. The lowest BCUT2D eigenvalue weighted by molar-refractivity contribution is 0.0644. The van der Waals surface area contributed by atoms with E-state index < -0.39 is 6.10 Å². The molecule has 1 aromatic heterocycles. The van der Waals surface area contributed by atoms with Crippen LogP contribution in [0.5, 0.6) is 0 Å². The highest BCUT2D eigenvalue weighted by Gasteiger charge is 2.15. The molecule has 2 N–H and O–H groups in total. The smallest absolute Gasteiger partial charge is 0.226 e. The van der Waals surface area contributed by atoms with Crippen LogP contribution in [0.4, 0.5) is 0 Å². The third-order valence-corrected chi connectivity index (χ3v) is 3.35. The maximum Gasteiger partial charge on any atom is 0.226 e. The molecule has 114 valence electrons. The fourth-order valence-corrected chi connectivity index (χ4v) is 2.25. The predicted molar refractivity (Wildman–Crippen MR) is 81.1 cm³/mol. The summed E-state index contributed by atoms with van der Waals surface area (Å²) in [5, 5.41) is 18.9. The summed E-state index contributed by atoms with van der Waals surface area (Å²) in [6, 6.07) is 7.34. The number of halogens is 1. The van der Waals surface area contributed by atoms with Crippen LogP contribution in [0.2, 0.25) is 5.02 Å². The van der Waals surface area contributed by atoms with Gasteiger partial charge in [-0.1, -0.05) is 17.7 Å². The van der Waals surface area contributed by atoms with Crippen LogP contribution in [-0.2, 0) is 6.54 Å². The third-order valence-electron chi connectivity index (χ3n) is 3.12. The number of nitrogens with zero attached hydrogens (tertiary/aromatic N) is 2. The van der Waals surface area contributed by atoms with E-state index in [1.165, 1.54) is 0 Å². The zero-order valence-corrected chi connectivity index (χ0v) is 12.8. The number of aromatic nitrogens is 1. The normalized spacial score (nSPS) is 12.9. The van der Waals surface area contributed by atoms with E-state index in [1.54, 1.807) is 12.1 Å². The number of benzene rings is 1. The van der Waals surface area contributed by atoms with Gasteiger partial charge in [0, 0.05) is 23.7 Å². The van der Waals surface area contributed by atoms with Gasteiger partial charge in [-0.15, -0.1) is 0 Å². The van der Waals surface area contributed by atoms with Crippen molar-refractivity contribution in [1.82, 2.24) is 9.88 Å². The number of aliphatic hydroxyl groups excluding tert-OH is 2. The molecule has 0 spiro atoms. The largest absolute Gasteiger partial charge is 0.441 e. The van der Waals surface area contributed by atoms with Crippen LogP contribution < -0.4 is 0 Å². The summed E-state index contributed by atoms with van der Waals surface area (Å²) in [6.45, 7) is 2.50. The Kier molecular flexibility index (Phi) is 5.36. The molecule has 2 aromatic rings. The van der Waals surface area contributed by atoms with Crippen molar-refractivity contribution in [2.45, 2.75) is 19.6 Å². The summed E-state index contributed by atoms with van der Waals surface area (Å²) >= 11 is 5.97. The molecular weight excluding hydrogens is 292 g/mol. The summed E-state index contributed by atoms with van der Waals surface area (Å²) in [6.07, 6.45) is -0.755. The van der Waals surface area contributed by atoms with E-state index in [1.807, 2.05) is 31.0 Å². The summed E-state index contributed by atoms with van der Waals surface area (Å²) in [5.41, 5.74) is 1.63. The van der Waals surface area contributed by atoms with Gasteiger partial charge in [-0.3, -0.25) is 4.90 Å². The average molecular weight is 311 g/mol. The van der Waals surface area contributed by atoms with Gasteiger partial charge in [-0.05, 0) is 32.2 Å². The molecule has 0 aliphatic rings. The molecule has 0 amide bonds. The molecule has 0 radical (unpaired) electrons. The standard InChI is InChI=1S/C15H19ClN2O3/c1-10-14(8-18(2)7-13(20)9-19)17-15(21-10)11-4-3-5-12(16)6-11/h3-6,13,19-20H,7-9H2,1-2H3/t13-/m1/s1. The van der Waals surface area contributed by atoms with Gasteiger partial charge in [0.2, 0.25) is 5.89 Å². The lowest BCUT2D eigenvalue weighted by Gasteiger charge is -2.18. The maximum atomic E-state index is 9.44. The van der Waals surface area contributed by atoms with E-state index in [0.717, 1.165) is 17.0 Å². The van der Waals surface area contributed by atoms with E-state index in [-0.39, 0.29) is 6.61 Å². The predicted octanol–water partition coefficient (Wildman–Crippen LogP) is 2.09. The lowest BCUT2D eigenvalue weighted by atomic mass is 10.2. The van der Waals surface area contributed by atoms with E-state index in [4.69, 9.17) is 21.1 Å². The van der Waals surface area contributed by atoms with Crippen LogP contribution in [0.15, 0.2) is 28.7 Å². The number of likely N-dealkylation sites (N-methyl/N-ethyl adjacent to an activating group) is 1. The van der Waals surface area contributed by atoms with Crippen molar-refractivity contribution in [2.24, 2.45) is 0 Å². The lowest BCUT2D eigenvalue weighted by Crippen LogP contribution is -2.31. The van der Waals surface area contributed by atoms with Gasteiger partial charge in [0.05, 0.1) is 18.4 Å². The highest BCUT2D eigenvalue weighted by atomic mass is 35.5. The van der Waals surface area contributed by atoms with E-state index in [2.05, 4.69) is 4.98 Å². The van der Waals surface area contributed by atoms with Gasteiger partial charge in [0.25, 0.3) is 0 Å². The first-order chi connectivity index (χ1) is 9.99. The summed E-state index contributed by atoms with van der Waals surface area (Å²) in [4.78, 5) is 6.37. The molecule has 6 heteroatoms. The van der Waals surface area contributed by atoms with Crippen molar-refractivity contribution < 1.29 is 14.6 Å². The fourth-order valence-electron chi connectivity index (χ4n) is 2.06. The Labute approximate surface area is 128 Å². The zero-order chi connectivity index (χ0) is 15.4. The number of aliphatic hydroxyl groups is 2. The minimum atomic E-state index is -0.755. The first-order valence-electron chi connectivity index (χ1n) is 6.69. The molecule has 1 aromatic carbocycles. The minimum absolute atomic E-state index is 0.254. The van der Waals surface area contributed by atoms with Crippen LogP contribution >= 0.6 is 11.6 Å². The number of oxazole rings is 1. The Balaban J connectivity index is 2.12. The second-order valence-electron chi connectivity index (χ2n) is 5.07. The third kappa shape index (κ3) is 4.28. The van der Waals surface area contributed by atoms with Gasteiger partial charge in [-0.25, -0.2) is 4.98 Å². The van der Waals surface area contributed by atoms with E-state index >= 15 is 0 Å². The van der Waals surface area contributed by atoms with Crippen LogP contribution in [0.3, 0.4) is 0 Å². The SMILES string of the molecule is Cc1oc(-c2cccc(Cl)c2)nc1CN(C)C[C@@H](O)CO. The molecule has 1 heterocycles. The molecule has 0 fully saturated rings. The Morgan fingerprint density at radius 3 is 2.86 bits per heavy atom. The molecule has 2 rings (SSSR count). The Hall–Kier alpha value is -1.40. The summed E-state index contributed by atoms with van der Waals surface area (Å²) in [5.74, 6) is 1.26. The van der Waals surface area contributed by atoms with Crippen molar-refractivity contribution in [1.29, 1.82) is 0 Å².